The number of rotatable bonds is 1. The first-order chi connectivity index (χ1) is 5.86. The summed E-state index contributed by atoms with van der Waals surface area (Å²) in [6, 6.07) is 2.01. The standard InChI is InChI=1S/C8H10BrN3/c9-8-5-7(6-10-11-8)12-3-1-2-4-12/h5-6H,1-4H2. The molecule has 0 atom stereocenters. The molecule has 0 unspecified atom stereocenters. The molecule has 2 rings (SSSR count). The Morgan fingerprint density at radius 2 is 2.08 bits per heavy atom. The van der Waals surface area contributed by atoms with Gasteiger partial charge in [0.05, 0.1) is 11.9 Å². The fourth-order valence-electron chi connectivity index (χ4n) is 1.48. The van der Waals surface area contributed by atoms with Crippen LogP contribution in [0.1, 0.15) is 12.8 Å². The molecule has 0 aliphatic carbocycles. The summed E-state index contributed by atoms with van der Waals surface area (Å²) in [4.78, 5) is 2.33. The normalized spacial score (nSPS) is 16.9. The van der Waals surface area contributed by atoms with Crippen LogP contribution < -0.4 is 4.90 Å². The third-order valence-electron chi connectivity index (χ3n) is 2.08. The molecule has 1 fully saturated rings. The molecular weight excluding hydrogens is 218 g/mol. The topological polar surface area (TPSA) is 29.0 Å². The molecule has 0 bridgehead atoms. The average Bonchev–Trinajstić information content (AvgIpc) is 2.56. The summed E-state index contributed by atoms with van der Waals surface area (Å²) in [5, 5.41) is 7.74. The molecule has 1 saturated heterocycles. The molecule has 64 valence electrons. The minimum absolute atomic E-state index is 0.812. The number of aromatic nitrogens is 2. The maximum Gasteiger partial charge on any atom is 0.130 e. The third-order valence-corrected chi connectivity index (χ3v) is 2.47. The second-order valence-electron chi connectivity index (χ2n) is 2.93. The predicted octanol–water partition coefficient (Wildman–Crippen LogP) is 1.84. The molecular formula is C8H10BrN3. The van der Waals surface area contributed by atoms with E-state index >= 15 is 0 Å². The zero-order chi connectivity index (χ0) is 8.39. The second-order valence-corrected chi connectivity index (χ2v) is 3.74. The van der Waals surface area contributed by atoms with Gasteiger partial charge in [-0.1, -0.05) is 0 Å². The summed E-state index contributed by atoms with van der Waals surface area (Å²) in [6.45, 7) is 2.30. The van der Waals surface area contributed by atoms with Crippen molar-refractivity contribution in [3.05, 3.63) is 16.9 Å². The minimum Gasteiger partial charge on any atom is -0.370 e. The summed E-state index contributed by atoms with van der Waals surface area (Å²) >= 11 is 3.31. The Morgan fingerprint density at radius 3 is 2.75 bits per heavy atom. The van der Waals surface area contributed by atoms with E-state index in [4.69, 9.17) is 0 Å². The molecule has 0 N–H and O–H groups in total. The van der Waals surface area contributed by atoms with Crippen LogP contribution in [0.2, 0.25) is 0 Å². The zero-order valence-corrected chi connectivity index (χ0v) is 8.29. The van der Waals surface area contributed by atoms with Gasteiger partial charge in [-0.15, -0.1) is 5.10 Å². The van der Waals surface area contributed by atoms with Crippen LogP contribution in [0.25, 0.3) is 0 Å². The number of halogens is 1. The Hall–Kier alpha value is -0.640. The van der Waals surface area contributed by atoms with Crippen molar-refractivity contribution in [1.29, 1.82) is 0 Å². The first-order valence-corrected chi connectivity index (χ1v) is 4.89. The molecule has 0 saturated carbocycles. The van der Waals surface area contributed by atoms with E-state index in [1.807, 2.05) is 12.3 Å². The van der Waals surface area contributed by atoms with Crippen molar-refractivity contribution in [1.82, 2.24) is 10.2 Å². The van der Waals surface area contributed by atoms with Gasteiger partial charge in [0.2, 0.25) is 0 Å². The van der Waals surface area contributed by atoms with Gasteiger partial charge in [-0.25, -0.2) is 0 Å². The molecule has 4 heteroatoms. The lowest BCUT2D eigenvalue weighted by atomic mass is 10.4. The van der Waals surface area contributed by atoms with E-state index < -0.39 is 0 Å². The quantitative estimate of drug-likeness (QED) is 0.734. The van der Waals surface area contributed by atoms with Gasteiger partial charge in [-0.2, -0.15) is 5.10 Å². The van der Waals surface area contributed by atoms with E-state index in [0.29, 0.717) is 0 Å². The third kappa shape index (κ3) is 1.58. The van der Waals surface area contributed by atoms with Crippen LogP contribution in [0.3, 0.4) is 0 Å². The van der Waals surface area contributed by atoms with Gasteiger partial charge in [0.15, 0.2) is 0 Å². The summed E-state index contributed by atoms with van der Waals surface area (Å²) in [6.07, 6.45) is 4.40. The smallest absolute Gasteiger partial charge is 0.130 e. The van der Waals surface area contributed by atoms with Gasteiger partial charge < -0.3 is 4.90 Å². The fraction of sp³-hybridized carbons (Fsp3) is 0.500. The van der Waals surface area contributed by atoms with Crippen molar-refractivity contribution in [3.8, 4) is 0 Å². The summed E-state index contributed by atoms with van der Waals surface area (Å²) in [5.41, 5.74) is 1.18. The highest BCUT2D eigenvalue weighted by molar-refractivity contribution is 9.10. The fourth-order valence-corrected chi connectivity index (χ4v) is 1.81. The highest BCUT2D eigenvalue weighted by Gasteiger charge is 2.12. The lowest BCUT2D eigenvalue weighted by molar-refractivity contribution is 0.928. The molecule has 1 aliphatic heterocycles. The first-order valence-electron chi connectivity index (χ1n) is 4.09. The van der Waals surface area contributed by atoms with E-state index in [9.17, 15) is 0 Å². The monoisotopic (exact) mass is 227 g/mol. The van der Waals surface area contributed by atoms with Gasteiger partial charge in [-0.3, -0.25) is 0 Å². The molecule has 0 amide bonds. The first kappa shape index (κ1) is 7.98. The lowest BCUT2D eigenvalue weighted by Crippen LogP contribution is -2.17. The van der Waals surface area contributed by atoms with Crippen LogP contribution in [0.15, 0.2) is 16.9 Å². The molecule has 12 heavy (non-hydrogen) atoms. The van der Waals surface area contributed by atoms with Crippen molar-refractivity contribution >= 4 is 21.6 Å². The van der Waals surface area contributed by atoms with Crippen molar-refractivity contribution in [2.24, 2.45) is 0 Å². The lowest BCUT2D eigenvalue weighted by Gasteiger charge is -2.16. The van der Waals surface area contributed by atoms with Crippen LogP contribution >= 0.6 is 15.9 Å². The number of hydrogen-bond acceptors (Lipinski definition) is 3. The van der Waals surface area contributed by atoms with Gasteiger partial charge in [-0.05, 0) is 34.8 Å². The Kier molecular flexibility index (Phi) is 2.26. The second kappa shape index (κ2) is 3.39. The Bertz CT molecular complexity index is 271. The largest absolute Gasteiger partial charge is 0.370 e. The van der Waals surface area contributed by atoms with Gasteiger partial charge in [0, 0.05) is 13.1 Å². The summed E-state index contributed by atoms with van der Waals surface area (Å²) in [7, 11) is 0. The highest BCUT2D eigenvalue weighted by atomic mass is 79.9. The van der Waals surface area contributed by atoms with Crippen LogP contribution in [-0.2, 0) is 0 Å². The molecule has 1 aromatic rings. The van der Waals surface area contributed by atoms with E-state index in [0.717, 1.165) is 17.7 Å². The summed E-state index contributed by atoms with van der Waals surface area (Å²) in [5.74, 6) is 0. The van der Waals surface area contributed by atoms with E-state index in [1.165, 1.54) is 18.5 Å². The van der Waals surface area contributed by atoms with Gasteiger partial charge >= 0.3 is 0 Å². The van der Waals surface area contributed by atoms with E-state index in [2.05, 4.69) is 31.0 Å². The van der Waals surface area contributed by atoms with E-state index in [1.54, 1.807) is 0 Å². The Labute approximate surface area is 79.9 Å². The molecule has 0 aromatic carbocycles. The Morgan fingerprint density at radius 1 is 1.33 bits per heavy atom. The maximum atomic E-state index is 3.89. The van der Waals surface area contributed by atoms with Crippen LogP contribution in [0.4, 0.5) is 5.69 Å². The van der Waals surface area contributed by atoms with Crippen molar-refractivity contribution in [2.45, 2.75) is 12.8 Å². The Balaban J connectivity index is 2.21. The molecule has 2 heterocycles. The number of hydrogen-bond donors (Lipinski definition) is 0. The summed E-state index contributed by atoms with van der Waals surface area (Å²) < 4.78 is 0.812. The number of nitrogens with zero attached hydrogens (tertiary/aromatic N) is 3. The molecule has 1 aliphatic rings. The highest BCUT2D eigenvalue weighted by Crippen LogP contribution is 2.20. The molecule has 0 radical (unpaired) electrons. The van der Waals surface area contributed by atoms with Gasteiger partial charge in [0.1, 0.15) is 4.60 Å². The van der Waals surface area contributed by atoms with Crippen LogP contribution in [0, 0.1) is 0 Å². The zero-order valence-electron chi connectivity index (χ0n) is 6.70. The van der Waals surface area contributed by atoms with E-state index in [-0.39, 0.29) is 0 Å². The van der Waals surface area contributed by atoms with Crippen molar-refractivity contribution < 1.29 is 0 Å². The minimum atomic E-state index is 0.812. The molecule has 0 spiro atoms. The van der Waals surface area contributed by atoms with Crippen molar-refractivity contribution in [3.63, 3.8) is 0 Å². The average molecular weight is 228 g/mol. The molecule has 1 aromatic heterocycles. The van der Waals surface area contributed by atoms with Crippen LogP contribution in [0.5, 0.6) is 0 Å². The van der Waals surface area contributed by atoms with Crippen LogP contribution in [-0.4, -0.2) is 23.3 Å². The van der Waals surface area contributed by atoms with Crippen molar-refractivity contribution in [2.75, 3.05) is 18.0 Å². The van der Waals surface area contributed by atoms with Gasteiger partial charge in [0.25, 0.3) is 0 Å². The SMILES string of the molecule is Brc1cc(N2CCCC2)cnn1. The molecule has 3 nitrogen and oxygen atoms in total. The maximum absolute atomic E-state index is 3.89. The predicted molar refractivity (Wildman–Crippen MR) is 51.2 cm³/mol. The number of anilines is 1.